The highest BCUT2D eigenvalue weighted by molar-refractivity contribution is 7.92. The Morgan fingerprint density at radius 3 is 2.22 bits per heavy atom. The summed E-state index contributed by atoms with van der Waals surface area (Å²) in [4.78, 5) is 5.42. The van der Waals surface area contributed by atoms with E-state index in [2.05, 4.69) is 0 Å². The van der Waals surface area contributed by atoms with E-state index >= 15 is 0 Å². The molecule has 1 aromatic heterocycles. The van der Waals surface area contributed by atoms with Gasteiger partial charge in [0.25, 0.3) is 0 Å². The fourth-order valence-electron chi connectivity index (χ4n) is 4.33. The number of sulfone groups is 1. The van der Waals surface area contributed by atoms with Crippen LogP contribution in [0.5, 0.6) is 0 Å². The number of benzene rings is 4. The van der Waals surface area contributed by atoms with Gasteiger partial charge in [-0.05, 0) is 29.3 Å². The lowest BCUT2D eigenvalue weighted by Crippen LogP contribution is -2.16. The third kappa shape index (κ3) is 2.75. The Hall–Kier alpha value is -3.96. The number of aromatic nitrogens is 2. The van der Waals surface area contributed by atoms with Gasteiger partial charge < -0.3 is 0 Å². The van der Waals surface area contributed by atoms with Crippen molar-refractivity contribution >= 4 is 33.0 Å². The van der Waals surface area contributed by atoms with E-state index in [-0.39, 0.29) is 4.90 Å². The minimum absolute atomic E-state index is 0.290. The van der Waals surface area contributed by atoms with Crippen molar-refractivity contribution in [1.29, 1.82) is 0 Å². The van der Waals surface area contributed by atoms with Gasteiger partial charge in [-0.25, -0.2) is 13.4 Å². The minimum Gasteiger partial charge on any atom is -0.290 e. The first-order valence-corrected chi connectivity index (χ1v) is 11.8. The summed E-state index contributed by atoms with van der Waals surface area (Å²) in [6.45, 7) is 0. The molecule has 4 nitrogen and oxygen atoms in total. The maximum atomic E-state index is 13.8. The van der Waals surface area contributed by atoms with Gasteiger partial charge in [0.1, 0.15) is 10.7 Å². The molecule has 0 spiro atoms. The molecular weight excluding hydrogens is 416 g/mol. The molecule has 154 valence electrons. The molecule has 0 N–H and O–H groups in total. The van der Waals surface area contributed by atoms with Crippen molar-refractivity contribution in [3.8, 4) is 17.1 Å². The molecule has 4 aromatic carbocycles. The van der Waals surface area contributed by atoms with Gasteiger partial charge in [-0.3, -0.25) is 4.57 Å². The lowest BCUT2D eigenvalue weighted by atomic mass is 10.1. The minimum atomic E-state index is -3.72. The highest BCUT2D eigenvalue weighted by Crippen LogP contribution is 2.43. The lowest BCUT2D eigenvalue weighted by molar-refractivity contribution is 0.594. The van der Waals surface area contributed by atoms with Crippen LogP contribution in [0.1, 0.15) is 11.1 Å². The van der Waals surface area contributed by atoms with Gasteiger partial charge in [0.15, 0.2) is 0 Å². The van der Waals surface area contributed by atoms with Crippen LogP contribution in [0.4, 0.5) is 0 Å². The van der Waals surface area contributed by atoms with Crippen molar-refractivity contribution in [2.24, 2.45) is 0 Å². The first-order chi connectivity index (χ1) is 15.6. The number of nitrogens with zero attached hydrogens (tertiary/aromatic N) is 2. The first-order valence-electron chi connectivity index (χ1n) is 10.3. The summed E-state index contributed by atoms with van der Waals surface area (Å²) in [5.74, 6) is 0.730. The second-order valence-corrected chi connectivity index (χ2v) is 9.56. The molecule has 6 rings (SSSR count). The molecule has 0 unspecified atom stereocenters. The summed E-state index contributed by atoms with van der Waals surface area (Å²) >= 11 is 0. The van der Waals surface area contributed by atoms with Crippen LogP contribution in [0.3, 0.4) is 0 Å². The second kappa shape index (κ2) is 7.04. The van der Waals surface area contributed by atoms with Crippen molar-refractivity contribution in [3.05, 3.63) is 108 Å². The van der Waals surface area contributed by atoms with Gasteiger partial charge in [-0.15, -0.1) is 0 Å². The summed E-state index contributed by atoms with van der Waals surface area (Å²) in [6.07, 6.45) is 3.81. The Morgan fingerprint density at radius 1 is 0.719 bits per heavy atom. The van der Waals surface area contributed by atoms with Crippen LogP contribution in [-0.4, -0.2) is 18.0 Å². The standard InChI is InChI=1S/C27H18N2O2S/c30-32(31)24-16-8-14-22-25(24)29(27(28-22)21-11-5-2-6-12-21)23-15-7-13-20(26(23)32)18-17-19-9-3-1-4-10-19/h1-18H/b18-17+. The average molecular weight is 435 g/mol. The van der Waals surface area contributed by atoms with Gasteiger partial charge in [-0.1, -0.05) is 91.0 Å². The van der Waals surface area contributed by atoms with Crippen molar-refractivity contribution in [2.45, 2.75) is 9.79 Å². The zero-order chi connectivity index (χ0) is 21.7. The van der Waals surface area contributed by atoms with E-state index in [9.17, 15) is 8.42 Å². The van der Waals surface area contributed by atoms with Crippen LogP contribution < -0.4 is 0 Å². The molecule has 0 bridgehead atoms. The average Bonchev–Trinajstić information content (AvgIpc) is 3.23. The van der Waals surface area contributed by atoms with E-state index in [1.807, 2.05) is 102 Å². The molecular formula is C27H18N2O2S. The predicted octanol–water partition coefficient (Wildman–Crippen LogP) is 6.01. The zero-order valence-electron chi connectivity index (χ0n) is 17.0. The third-order valence-corrected chi connectivity index (χ3v) is 7.64. The third-order valence-electron chi connectivity index (χ3n) is 5.75. The Bertz CT molecular complexity index is 1620. The van der Waals surface area contributed by atoms with Crippen molar-refractivity contribution in [1.82, 2.24) is 9.55 Å². The number of imidazole rings is 1. The number of hydrogen-bond donors (Lipinski definition) is 0. The first kappa shape index (κ1) is 18.8. The Morgan fingerprint density at radius 2 is 1.44 bits per heavy atom. The molecule has 2 heterocycles. The van der Waals surface area contributed by atoms with Crippen LogP contribution in [0, 0.1) is 0 Å². The SMILES string of the molecule is O=S1(=O)c2c(/C=C/c3ccccc3)cccc2-n2c(-c3ccccc3)nc3cccc1c32. The predicted molar refractivity (Wildman–Crippen MR) is 127 cm³/mol. The molecule has 0 fully saturated rings. The van der Waals surface area contributed by atoms with Crippen molar-refractivity contribution < 1.29 is 8.42 Å². The fourth-order valence-corrected chi connectivity index (χ4v) is 6.14. The monoisotopic (exact) mass is 434 g/mol. The van der Waals surface area contributed by atoms with Crippen molar-refractivity contribution in [3.63, 3.8) is 0 Å². The van der Waals surface area contributed by atoms with E-state index in [4.69, 9.17) is 4.98 Å². The van der Waals surface area contributed by atoms with E-state index in [1.54, 1.807) is 12.1 Å². The molecule has 0 aliphatic carbocycles. The van der Waals surface area contributed by atoms with Gasteiger partial charge >= 0.3 is 0 Å². The van der Waals surface area contributed by atoms with Crippen molar-refractivity contribution in [2.75, 3.05) is 0 Å². The van der Waals surface area contributed by atoms with E-state index in [1.165, 1.54) is 0 Å². The highest BCUT2D eigenvalue weighted by Gasteiger charge is 2.35. The zero-order valence-corrected chi connectivity index (χ0v) is 17.8. The molecule has 5 heteroatoms. The molecule has 0 radical (unpaired) electrons. The summed E-state index contributed by atoms with van der Waals surface area (Å²) in [7, 11) is -3.72. The second-order valence-electron chi connectivity index (χ2n) is 7.70. The largest absolute Gasteiger partial charge is 0.290 e. The van der Waals surface area contributed by atoms with Crippen LogP contribution in [0.25, 0.3) is 40.3 Å². The van der Waals surface area contributed by atoms with Crippen LogP contribution in [-0.2, 0) is 9.84 Å². The van der Waals surface area contributed by atoms with Crippen LogP contribution >= 0.6 is 0 Å². The van der Waals surface area contributed by atoms with Gasteiger partial charge in [0.05, 0.1) is 21.6 Å². The summed E-state index contributed by atoms with van der Waals surface area (Å²) < 4.78 is 29.6. The molecule has 32 heavy (non-hydrogen) atoms. The van der Waals surface area contributed by atoms with Crippen LogP contribution in [0.15, 0.2) is 107 Å². The molecule has 1 aliphatic heterocycles. The molecule has 0 amide bonds. The van der Waals surface area contributed by atoms with Gasteiger partial charge in [0.2, 0.25) is 9.84 Å². The quantitative estimate of drug-likeness (QED) is 0.321. The van der Waals surface area contributed by atoms with Gasteiger partial charge in [0, 0.05) is 5.56 Å². The molecule has 5 aromatic rings. The number of para-hydroxylation sites is 1. The maximum Gasteiger partial charge on any atom is 0.211 e. The molecule has 0 atom stereocenters. The number of fused-ring (bicyclic) bond motifs is 2. The highest BCUT2D eigenvalue weighted by atomic mass is 32.2. The van der Waals surface area contributed by atoms with E-state index < -0.39 is 9.84 Å². The normalized spacial score (nSPS) is 14.0. The Labute approximate surface area is 186 Å². The maximum absolute atomic E-state index is 13.8. The summed E-state index contributed by atoms with van der Waals surface area (Å²) in [6, 6.07) is 30.6. The Balaban J connectivity index is 1.67. The summed E-state index contributed by atoms with van der Waals surface area (Å²) in [5, 5.41) is 0. The van der Waals surface area contributed by atoms with E-state index in [0.29, 0.717) is 27.2 Å². The number of rotatable bonds is 3. The number of hydrogen-bond acceptors (Lipinski definition) is 3. The smallest absolute Gasteiger partial charge is 0.211 e. The summed E-state index contributed by atoms with van der Waals surface area (Å²) in [5.41, 5.74) is 4.52. The van der Waals surface area contributed by atoms with Crippen LogP contribution in [0.2, 0.25) is 0 Å². The lowest BCUT2D eigenvalue weighted by Gasteiger charge is -2.22. The topological polar surface area (TPSA) is 52.0 Å². The van der Waals surface area contributed by atoms with E-state index in [0.717, 1.165) is 17.0 Å². The Kier molecular flexibility index (Phi) is 4.13. The molecule has 0 saturated carbocycles. The molecule has 0 saturated heterocycles. The fraction of sp³-hybridized carbons (Fsp3) is 0. The van der Waals surface area contributed by atoms with Gasteiger partial charge in [-0.2, -0.15) is 0 Å². The molecule has 1 aliphatic rings.